The average molecular weight is 319 g/mol. The van der Waals surface area contributed by atoms with Gasteiger partial charge in [0.25, 0.3) is 5.69 Å². The Kier molecular flexibility index (Phi) is 4.45. The lowest BCUT2D eigenvalue weighted by atomic mass is 9.83. The number of hydrogen-bond acceptors (Lipinski definition) is 3. The number of nitrogens with two attached hydrogens (primary N) is 1. The lowest BCUT2D eigenvalue weighted by molar-refractivity contribution is -0.385. The number of nitro benzene ring substituents is 1. The lowest BCUT2D eigenvalue weighted by Crippen LogP contribution is -2.37. The van der Waals surface area contributed by atoms with Crippen molar-refractivity contribution in [2.24, 2.45) is 11.1 Å². The Labute approximate surface area is 114 Å². The van der Waals surface area contributed by atoms with Gasteiger partial charge >= 0.3 is 0 Å². The molecule has 0 saturated heterocycles. The molecular formula is C12H16BrFN2O2. The molecule has 4 nitrogen and oxygen atoms in total. The molecule has 0 spiro atoms. The molecule has 1 rings (SSSR count). The highest BCUT2D eigenvalue weighted by molar-refractivity contribution is 9.10. The second-order valence-corrected chi connectivity index (χ2v) is 6.18. The minimum atomic E-state index is -0.519. The molecule has 6 heteroatoms. The summed E-state index contributed by atoms with van der Waals surface area (Å²) in [5, 5.41) is 10.9. The smallest absolute Gasteiger partial charge is 0.273 e. The largest absolute Gasteiger partial charge is 0.327 e. The zero-order valence-corrected chi connectivity index (χ0v) is 12.1. The maximum absolute atomic E-state index is 13.5. The molecule has 1 aromatic carbocycles. The van der Waals surface area contributed by atoms with Crippen molar-refractivity contribution in [1.82, 2.24) is 0 Å². The molecule has 1 aromatic rings. The molecule has 0 aromatic heterocycles. The minimum Gasteiger partial charge on any atom is -0.327 e. The van der Waals surface area contributed by atoms with Gasteiger partial charge in [-0.1, -0.05) is 20.8 Å². The van der Waals surface area contributed by atoms with Crippen LogP contribution in [0.4, 0.5) is 10.1 Å². The van der Waals surface area contributed by atoms with Crippen LogP contribution in [0, 0.1) is 21.3 Å². The first-order valence-electron chi connectivity index (χ1n) is 5.51. The van der Waals surface area contributed by atoms with Crippen LogP contribution in [-0.2, 0) is 6.42 Å². The first-order chi connectivity index (χ1) is 8.12. The number of nitrogens with zero attached hydrogens (tertiary/aromatic N) is 1. The predicted molar refractivity (Wildman–Crippen MR) is 71.9 cm³/mol. The van der Waals surface area contributed by atoms with E-state index >= 15 is 0 Å². The zero-order chi connectivity index (χ0) is 14.1. The van der Waals surface area contributed by atoms with E-state index in [1.165, 1.54) is 12.1 Å². The standard InChI is InChI=1S/C12H16BrFN2O2/c1-12(2,3)11(15)5-7-4-9(14)8(13)6-10(7)16(17)18/h4,6,11H,5,15H2,1-3H3. The van der Waals surface area contributed by atoms with Crippen LogP contribution >= 0.6 is 15.9 Å². The molecular weight excluding hydrogens is 303 g/mol. The summed E-state index contributed by atoms with van der Waals surface area (Å²) >= 11 is 2.94. The molecule has 0 amide bonds. The van der Waals surface area contributed by atoms with E-state index in [2.05, 4.69) is 15.9 Å². The normalized spacial score (nSPS) is 13.4. The van der Waals surface area contributed by atoms with E-state index in [0.717, 1.165) is 0 Å². The van der Waals surface area contributed by atoms with Crippen molar-refractivity contribution >= 4 is 21.6 Å². The summed E-state index contributed by atoms with van der Waals surface area (Å²) in [7, 11) is 0. The second-order valence-electron chi connectivity index (χ2n) is 5.33. The van der Waals surface area contributed by atoms with E-state index < -0.39 is 10.7 Å². The monoisotopic (exact) mass is 318 g/mol. The second kappa shape index (κ2) is 5.32. The van der Waals surface area contributed by atoms with Crippen molar-refractivity contribution in [3.8, 4) is 0 Å². The molecule has 0 bridgehead atoms. The predicted octanol–water partition coefficient (Wildman–Crippen LogP) is 3.41. The van der Waals surface area contributed by atoms with Crippen LogP contribution in [0.15, 0.2) is 16.6 Å². The summed E-state index contributed by atoms with van der Waals surface area (Å²) in [5.74, 6) is -0.517. The maximum atomic E-state index is 13.5. The van der Waals surface area contributed by atoms with E-state index in [4.69, 9.17) is 5.73 Å². The molecule has 100 valence electrons. The molecule has 0 aliphatic heterocycles. The van der Waals surface area contributed by atoms with E-state index in [0.29, 0.717) is 5.56 Å². The summed E-state index contributed by atoms with van der Waals surface area (Å²) in [6.45, 7) is 5.83. The highest BCUT2D eigenvalue weighted by atomic mass is 79.9. The average Bonchev–Trinajstić information content (AvgIpc) is 2.21. The van der Waals surface area contributed by atoms with Crippen molar-refractivity contribution in [3.05, 3.63) is 38.1 Å². The highest BCUT2D eigenvalue weighted by Gasteiger charge is 2.25. The molecule has 0 saturated carbocycles. The molecule has 0 aliphatic rings. The third-order valence-corrected chi connectivity index (χ3v) is 3.48. The Morgan fingerprint density at radius 1 is 1.50 bits per heavy atom. The molecule has 1 atom stereocenters. The Hall–Kier alpha value is -1.01. The number of nitro groups is 1. The molecule has 0 radical (unpaired) electrons. The third-order valence-electron chi connectivity index (χ3n) is 2.87. The van der Waals surface area contributed by atoms with Gasteiger partial charge in [-0.15, -0.1) is 0 Å². The maximum Gasteiger partial charge on any atom is 0.273 e. The lowest BCUT2D eigenvalue weighted by Gasteiger charge is -2.27. The number of rotatable bonds is 3. The summed E-state index contributed by atoms with van der Waals surface area (Å²) in [6.07, 6.45) is 0.268. The van der Waals surface area contributed by atoms with Crippen LogP contribution in [0.1, 0.15) is 26.3 Å². The Bertz CT molecular complexity index is 472. The number of benzene rings is 1. The van der Waals surface area contributed by atoms with Gasteiger partial charge in [-0.2, -0.15) is 0 Å². The van der Waals surface area contributed by atoms with Gasteiger partial charge in [0.15, 0.2) is 0 Å². The van der Waals surface area contributed by atoms with Crippen molar-refractivity contribution in [3.63, 3.8) is 0 Å². The number of hydrogen-bond donors (Lipinski definition) is 1. The van der Waals surface area contributed by atoms with E-state index in [9.17, 15) is 14.5 Å². The van der Waals surface area contributed by atoms with Crippen LogP contribution in [0.2, 0.25) is 0 Å². The van der Waals surface area contributed by atoms with Crippen LogP contribution < -0.4 is 5.73 Å². The van der Waals surface area contributed by atoms with E-state index in [1.54, 1.807) is 0 Å². The molecule has 18 heavy (non-hydrogen) atoms. The van der Waals surface area contributed by atoms with Crippen LogP contribution in [0.5, 0.6) is 0 Å². The Balaban J connectivity index is 3.15. The fourth-order valence-electron chi connectivity index (χ4n) is 1.45. The minimum absolute atomic E-state index is 0.0854. The van der Waals surface area contributed by atoms with Gasteiger partial charge in [0, 0.05) is 17.7 Å². The van der Waals surface area contributed by atoms with Crippen molar-refractivity contribution in [2.75, 3.05) is 0 Å². The quantitative estimate of drug-likeness (QED) is 0.685. The highest BCUT2D eigenvalue weighted by Crippen LogP contribution is 2.29. The van der Waals surface area contributed by atoms with E-state index in [-0.39, 0.29) is 28.0 Å². The van der Waals surface area contributed by atoms with Gasteiger partial charge in [-0.3, -0.25) is 10.1 Å². The Morgan fingerprint density at radius 2 is 2.06 bits per heavy atom. The molecule has 0 heterocycles. The summed E-state index contributed by atoms with van der Waals surface area (Å²) < 4.78 is 13.5. The first-order valence-corrected chi connectivity index (χ1v) is 6.30. The fraction of sp³-hybridized carbons (Fsp3) is 0.500. The van der Waals surface area contributed by atoms with Gasteiger partial charge < -0.3 is 5.73 Å². The van der Waals surface area contributed by atoms with Crippen molar-refractivity contribution < 1.29 is 9.31 Å². The summed E-state index contributed by atoms with van der Waals surface area (Å²) in [5.41, 5.74) is 6.00. The van der Waals surface area contributed by atoms with Crippen LogP contribution in [0.25, 0.3) is 0 Å². The first kappa shape index (κ1) is 15.0. The van der Waals surface area contributed by atoms with Crippen LogP contribution in [0.3, 0.4) is 0 Å². The Morgan fingerprint density at radius 3 is 2.50 bits per heavy atom. The summed E-state index contributed by atoms with van der Waals surface area (Å²) in [4.78, 5) is 10.4. The SMILES string of the molecule is CC(C)(C)C(N)Cc1cc(F)c(Br)cc1[N+](=O)[O-]. The molecule has 1 unspecified atom stereocenters. The fourth-order valence-corrected chi connectivity index (χ4v) is 1.79. The summed E-state index contributed by atoms with van der Waals surface area (Å²) in [6, 6.07) is 2.07. The van der Waals surface area contributed by atoms with Gasteiger partial charge in [0.2, 0.25) is 0 Å². The van der Waals surface area contributed by atoms with Crippen LogP contribution in [-0.4, -0.2) is 11.0 Å². The number of halogens is 2. The van der Waals surface area contributed by atoms with Gasteiger partial charge in [-0.25, -0.2) is 4.39 Å². The van der Waals surface area contributed by atoms with Gasteiger partial charge in [0.05, 0.1) is 9.40 Å². The molecule has 0 fully saturated rings. The zero-order valence-electron chi connectivity index (χ0n) is 10.5. The topological polar surface area (TPSA) is 69.2 Å². The third kappa shape index (κ3) is 3.49. The van der Waals surface area contributed by atoms with E-state index in [1.807, 2.05) is 20.8 Å². The van der Waals surface area contributed by atoms with Gasteiger partial charge in [0.1, 0.15) is 5.82 Å². The van der Waals surface area contributed by atoms with Crippen molar-refractivity contribution in [1.29, 1.82) is 0 Å². The molecule has 0 aliphatic carbocycles. The van der Waals surface area contributed by atoms with Gasteiger partial charge in [-0.05, 0) is 33.8 Å². The molecule has 2 N–H and O–H groups in total. The van der Waals surface area contributed by atoms with Crippen molar-refractivity contribution in [2.45, 2.75) is 33.2 Å².